The summed E-state index contributed by atoms with van der Waals surface area (Å²) in [6.45, 7) is 3.65. The highest BCUT2D eigenvalue weighted by Crippen LogP contribution is 2.20. The highest BCUT2D eigenvalue weighted by Gasteiger charge is 2.19. The van der Waals surface area contributed by atoms with Crippen LogP contribution in [0.3, 0.4) is 0 Å². The maximum atomic E-state index is 13.1. The molecule has 24 heavy (non-hydrogen) atoms. The van der Waals surface area contributed by atoms with E-state index in [2.05, 4.69) is 9.97 Å². The van der Waals surface area contributed by atoms with E-state index in [-0.39, 0.29) is 18.0 Å². The zero-order valence-corrected chi connectivity index (χ0v) is 14.0. The van der Waals surface area contributed by atoms with Gasteiger partial charge >= 0.3 is 0 Å². The lowest BCUT2D eigenvalue weighted by Crippen LogP contribution is -2.07. The molecule has 0 radical (unpaired) electrons. The minimum atomic E-state index is -0.306. The van der Waals surface area contributed by atoms with Crippen molar-refractivity contribution in [2.45, 2.75) is 20.3 Å². The van der Waals surface area contributed by atoms with Crippen LogP contribution in [0.2, 0.25) is 5.15 Å². The van der Waals surface area contributed by atoms with E-state index in [1.807, 2.05) is 18.4 Å². The Labute approximate surface area is 143 Å². The van der Waals surface area contributed by atoms with E-state index in [0.29, 0.717) is 16.7 Å². The van der Waals surface area contributed by atoms with Crippen LogP contribution in [-0.4, -0.2) is 20.3 Å². The second-order valence-electron chi connectivity index (χ2n) is 5.49. The fraction of sp³-hybridized carbons (Fsp3) is 0.167. The van der Waals surface area contributed by atoms with E-state index < -0.39 is 0 Å². The molecule has 0 saturated carbocycles. The predicted octanol–water partition coefficient (Wildman–Crippen LogP) is 4.10. The van der Waals surface area contributed by atoms with Gasteiger partial charge in [-0.25, -0.2) is 14.4 Å². The van der Waals surface area contributed by atoms with Crippen LogP contribution in [0.25, 0.3) is 5.69 Å². The molecule has 0 bridgehead atoms. The Morgan fingerprint density at radius 1 is 1.21 bits per heavy atom. The molecule has 3 rings (SSSR count). The first-order valence-corrected chi connectivity index (χ1v) is 7.79. The summed E-state index contributed by atoms with van der Waals surface area (Å²) in [4.78, 5) is 20.9. The third-order valence-electron chi connectivity index (χ3n) is 3.78. The summed E-state index contributed by atoms with van der Waals surface area (Å²) in [6.07, 6.45) is 1.77. The highest BCUT2D eigenvalue weighted by atomic mass is 35.5. The molecular weight excluding hydrogens is 329 g/mol. The van der Waals surface area contributed by atoms with Crippen LogP contribution in [-0.2, 0) is 6.42 Å². The van der Waals surface area contributed by atoms with Gasteiger partial charge in [-0.05, 0) is 55.8 Å². The summed E-state index contributed by atoms with van der Waals surface area (Å²) < 4.78 is 15.0. The van der Waals surface area contributed by atoms with Crippen LogP contribution in [0.4, 0.5) is 4.39 Å². The Morgan fingerprint density at radius 3 is 2.58 bits per heavy atom. The molecule has 0 spiro atoms. The number of imidazole rings is 1. The fourth-order valence-electron chi connectivity index (χ4n) is 2.70. The average molecular weight is 344 g/mol. The number of hydrogen-bond acceptors (Lipinski definition) is 3. The number of nitrogens with zero attached hydrogens (tertiary/aromatic N) is 3. The fourth-order valence-corrected chi connectivity index (χ4v) is 2.89. The molecule has 2 heterocycles. The van der Waals surface area contributed by atoms with Crippen molar-refractivity contribution < 1.29 is 9.18 Å². The van der Waals surface area contributed by atoms with Gasteiger partial charge in [-0.3, -0.25) is 4.79 Å². The first-order chi connectivity index (χ1) is 11.5. The number of hydrogen-bond donors (Lipinski definition) is 0. The number of pyridine rings is 1. The maximum absolute atomic E-state index is 13.1. The molecule has 0 fully saturated rings. The quantitative estimate of drug-likeness (QED) is 0.529. The van der Waals surface area contributed by atoms with Gasteiger partial charge in [-0.1, -0.05) is 11.6 Å². The molecule has 1 aromatic carbocycles. The van der Waals surface area contributed by atoms with Gasteiger partial charge in [0.15, 0.2) is 5.78 Å². The number of carbonyl (C=O) groups is 1. The monoisotopic (exact) mass is 343 g/mol. The van der Waals surface area contributed by atoms with Gasteiger partial charge < -0.3 is 4.57 Å². The molecule has 4 nitrogen and oxygen atoms in total. The number of benzene rings is 1. The minimum Gasteiger partial charge on any atom is -0.300 e. The van der Waals surface area contributed by atoms with E-state index in [1.54, 1.807) is 30.5 Å². The van der Waals surface area contributed by atoms with Crippen LogP contribution in [0.5, 0.6) is 0 Å². The molecule has 0 aliphatic heterocycles. The van der Waals surface area contributed by atoms with Crippen molar-refractivity contribution in [3.8, 4) is 5.69 Å². The van der Waals surface area contributed by atoms with Crippen molar-refractivity contribution in [3.05, 3.63) is 76.3 Å². The normalized spacial score (nSPS) is 10.8. The van der Waals surface area contributed by atoms with E-state index in [0.717, 1.165) is 16.9 Å². The van der Waals surface area contributed by atoms with E-state index in [1.165, 1.54) is 12.1 Å². The van der Waals surface area contributed by atoms with Gasteiger partial charge in [-0.15, -0.1) is 0 Å². The third-order valence-corrected chi connectivity index (χ3v) is 3.99. The smallest absolute Gasteiger partial charge is 0.187 e. The topological polar surface area (TPSA) is 47.8 Å². The van der Waals surface area contributed by atoms with Crippen LogP contribution in [0, 0.1) is 19.7 Å². The van der Waals surface area contributed by atoms with Crippen LogP contribution >= 0.6 is 11.6 Å². The number of halogens is 2. The van der Waals surface area contributed by atoms with Gasteiger partial charge in [-0.2, -0.15) is 0 Å². The molecule has 0 unspecified atom stereocenters. The van der Waals surface area contributed by atoms with E-state index >= 15 is 0 Å². The zero-order valence-electron chi connectivity index (χ0n) is 13.3. The van der Waals surface area contributed by atoms with Gasteiger partial charge in [0.25, 0.3) is 0 Å². The molecule has 122 valence electrons. The lowest BCUT2D eigenvalue weighted by Gasteiger charge is -2.08. The van der Waals surface area contributed by atoms with E-state index in [9.17, 15) is 9.18 Å². The molecule has 6 heteroatoms. The number of Topliss-reactive ketones (excluding diaryl/α,β-unsaturated/α-hetero) is 1. The minimum absolute atomic E-state index is 0.0984. The third kappa shape index (κ3) is 3.21. The zero-order chi connectivity index (χ0) is 17.3. The predicted molar refractivity (Wildman–Crippen MR) is 90.3 cm³/mol. The Bertz CT molecular complexity index is 903. The summed E-state index contributed by atoms with van der Waals surface area (Å²) in [5, 5.41) is 0.352. The van der Waals surface area contributed by atoms with Gasteiger partial charge in [0.05, 0.1) is 5.69 Å². The maximum Gasteiger partial charge on any atom is 0.187 e. The molecule has 3 aromatic rings. The second kappa shape index (κ2) is 6.53. The molecule has 0 amide bonds. The molecule has 0 atom stereocenters. The Balaban J connectivity index is 1.93. The van der Waals surface area contributed by atoms with Crippen molar-refractivity contribution in [1.29, 1.82) is 0 Å². The Hall–Kier alpha value is -2.53. The molecule has 2 aromatic heterocycles. The second-order valence-corrected chi connectivity index (χ2v) is 5.88. The Kier molecular flexibility index (Phi) is 4.44. The highest BCUT2D eigenvalue weighted by molar-refractivity contribution is 6.29. The molecule has 0 aliphatic rings. The molecule has 0 aliphatic carbocycles. The number of aromatic nitrogens is 3. The number of ketones is 1. The summed E-state index contributed by atoms with van der Waals surface area (Å²) in [5.74, 6) is 0.272. The number of aryl methyl sites for hydroxylation is 1. The van der Waals surface area contributed by atoms with Crippen molar-refractivity contribution in [1.82, 2.24) is 14.5 Å². The number of carbonyl (C=O) groups excluding carboxylic acids is 1. The van der Waals surface area contributed by atoms with Gasteiger partial charge in [0, 0.05) is 18.3 Å². The standard InChI is InChI=1S/C18H15ClFN3O/c1-11-18(16(24)9-13-7-8-21-17(19)10-13)22-12(2)23(11)15-5-3-14(20)4-6-15/h3-8,10H,9H2,1-2H3. The largest absolute Gasteiger partial charge is 0.300 e. The lowest BCUT2D eigenvalue weighted by molar-refractivity contribution is 0.0988. The molecule has 0 N–H and O–H groups in total. The summed E-state index contributed by atoms with van der Waals surface area (Å²) in [5.41, 5.74) is 2.69. The van der Waals surface area contributed by atoms with Crippen molar-refractivity contribution in [2.24, 2.45) is 0 Å². The summed E-state index contributed by atoms with van der Waals surface area (Å²) in [7, 11) is 0. The van der Waals surface area contributed by atoms with E-state index in [4.69, 9.17) is 11.6 Å². The molecular formula is C18H15ClFN3O. The van der Waals surface area contributed by atoms with Crippen molar-refractivity contribution in [2.75, 3.05) is 0 Å². The van der Waals surface area contributed by atoms with Gasteiger partial charge in [0.1, 0.15) is 22.5 Å². The van der Waals surface area contributed by atoms with Crippen LogP contribution in [0.1, 0.15) is 27.6 Å². The van der Waals surface area contributed by atoms with Crippen LogP contribution < -0.4 is 0 Å². The first kappa shape index (κ1) is 16.3. The average Bonchev–Trinajstić information content (AvgIpc) is 2.83. The lowest BCUT2D eigenvalue weighted by atomic mass is 10.1. The summed E-state index contributed by atoms with van der Waals surface area (Å²) >= 11 is 5.85. The first-order valence-electron chi connectivity index (χ1n) is 7.41. The Morgan fingerprint density at radius 2 is 1.92 bits per heavy atom. The number of rotatable bonds is 4. The van der Waals surface area contributed by atoms with Crippen molar-refractivity contribution in [3.63, 3.8) is 0 Å². The summed E-state index contributed by atoms with van der Waals surface area (Å²) in [6, 6.07) is 9.51. The SMILES string of the molecule is Cc1nc(C(=O)Cc2ccnc(Cl)c2)c(C)n1-c1ccc(F)cc1. The van der Waals surface area contributed by atoms with Crippen molar-refractivity contribution >= 4 is 17.4 Å². The van der Waals surface area contributed by atoms with Gasteiger partial charge in [0.2, 0.25) is 0 Å². The van der Waals surface area contributed by atoms with Crippen LogP contribution in [0.15, 0.2) is 42.6 Å². The molecule has 0 saturated heterocycles.